The lowest BCUT2D eigenvalue weighted by Gasteiger charge is -2.17. The Morgan fingerprint density at radius 2 is 1.68 bits per heavy atom. The van der Waals surface area contributed by atoms with Gasteiger partial charge < -0.3 is 10.0 Å². The molecule has 1 aliphatic heterocycles. The van der Waals surface area contributed by atoms with Crippen LogP contribution in [0.25, 0.3) is 22.3 Å². The number of amides is 1. The number of aromatic nitrogens is 2. The second kappa shape index (κ2) is 11.5. The highest BCUT2D eigenvalue weighted by atomic mass is 35.5. The summed E-state index contributed by atoms with van der Waals surface area (Å²) in [4.78, 5) is 36.0. The standard InChI is InChI=1S/C30H27Cl2N3O3/c31-23-14-22(15-24(32)17-23)29-26(8-4-5-9-28(36)37)33-27-16-20(10-11-25(27)34-29)30(38)35-13-12-21(18-35)19-6-2-1-3-7-19/h1-3,6-7,10-11,14-17,21H,4-5,8-9,12-13,18H2,(H,36,37). The first-order chi connectivity index (χ1) is 18.4. The summed E-state index contributed by atoms with van der Waals surface area (Å²) >= 11 is 12.5. The van der Waals surface area contributed by atoms with Crippen LogP contribution in [-0.4, -0.2) is 44.9 Å². The van der Waals surface area contributed by atoms with E-state index in [4.69, 9.17) is 38.3 Å². The number of hydrogen-bond donors (Lipinski definition) is 1. The van der Waals surface area contributed by atoms with Gasteiger partial charge in [0.25, 0.3) is 5.91 Å². The zero-order valence-electron chi connectivity index (χ0n) is 20.7. The molecule has 8 heteroatoms. The third-order valence-corrected chi connectivity index (χ3v) is 7.36. The van der Waals surface area contributed by atoms with Gasteiger partial charge in [-0.1, -0.05) is 53.5 Å². The van der Waals surface area contributed by atoms with E-state index in [0.717, 1.165) is 17.7 Å². The van der Waals surface area contributed by atoms with Gasteiger partial charge in [0.15, 0.2) is 0 Å². The molecule has 0 radical (unpaired) electrons. The van der Waals surface area contributed by atoms with Crippen LogP contribution in [0.4, 0.5) is 0 Å². The average molecular weight is 548 g/mol. The van der Waals surface area contributed by atoms with Crippen molar-refractivity contribution < 1.29 is 14.7 Å². The fourth-order valence-electron chi connectivity index (χ4n) is 5.01. The fourth-order valence-corrected chi connectivity index (χ4v) is 5.54. The molecule has 4 aromatic rings. The van der Waals surface area contributed by atoms with Crippen LogP contribution in [0.1, 0.15) is 53.2 Å². The van der Waals surface area contributed by atoms with Crippen molar-refractivity contribution in [3.63, 3.8) is 0 Å². The summed E-state index contributed by atoms with van der Waals surface area (Å²) in [7, 11) is 0. The van der Waals surface area contributed by atoms with Gasteiger partial charge in [0.1, 0.15) is 0 Å². The molecule has 1 atom stereocenters. The number of rotatable bonds is 8. The van der Waals surface area contributed by atoms with Crippen molar-refractivity contribution in [1.29, 1.82) is 0 Å². The maximum Gasteiger partial charge on any atom is 0.303 e. The Kier molecular flexibility index (Phi) is 7.91. The number of carboxylic acid groups (broad SMARTS) is 1. The lowest BCUT2D eigenvalue weighted by atomic mass is 9.99. The van der Waals surface area contributed by atoms with Crippen molar-refractivity contribution in [2.45, 2.75) is 38.0 Å². The summed E-state index contributed by atoms with van der Waals surface area (Å²) in [5.74, 6) is -0.498. The highest BCUT2D eigenvalue weighted by Crippen LogP contribution is 2.31. The molecule has 1 aromatic heterocycles. The first-order valence-corrected chi connectivity index (χ1v) is 13.5. The molecule has 0 spiro atoms. The van der Waals surface area contributed by atoms with E-state index in [1.165, 1.54) is 5.56 Å². The normalized spacial score (nSPS) is 15.2. The van der Waals surface area contributed by atoms with E-state index in [2.05, 4.69) is 12.1 Å². The molecule has 0 bridgehead atoms. The molecular weight excluding hydrogens is 521 g/mol. The van der Waals surface area contributed by atoms with E-state index < -0.39 is 5.97 Å². The van der Waals surface area contributed by atoms with E-state index >= 15 is 0 Å². The van der Waals surface area contributed by atoms with Crippen LogP contribution in [-0.2, 0) is 11.2 Å². The van der Waals surface area contributed by atoms with E-state index in [-0.39, 0.29) is 12.3 Å². The maximum absolute atomic E-state index is 13.4. The summed E-state index contributed by atoms with van der Waals surface area (Å²) in [6, 6.07) is 21.0. The molecule has 3 aromatic carbocycles. The molecular formula is C30H27Cl2N3O3. The number of carbonyl (C=O) groups is 2. The zero-order chi connectivity index (χ0) is 26.6. The number of aliphatic carboxylic acids is 1. The molecule has 1 fully saturated rings. The molecule has 6 nitrogen and oxygen atoms in total. The Labute approximate surface area is 231 Å². The van der Waals surface area contributed by atoms with E-state index in [1.807, 2.05) is 29.2 Å². The van der Waals surface area contributed by atoms with Gasteiger partial charge in [-0.25, -0.2) is 9.97 Å². The maximum atomic E-state index is 13.4. The molecule has 194 valence electrons. The van der Waals surface area contributed by atoms with Crippen molar-refractivity contribution >= 4 is 46.1 Å². The third-order valence-electron chi connectivity index (χ3n) is 6.92. The molecule has 38 heavy (non-hydrogen) atoms. The summed E-state index contributed by atoms with van der Waals surface area (Å²) in [6.45, 7) is 1.40. The van der Waals surface area contributed by atoms with E-state index in [1.54, 1.807) is 30.3 Å². The quantitative estimate of drug-likeness (QED) is 0.239. The van der Waals surface area contributed by atoms with Gasteiger partial charge in [-0.05, 0) is 67.6 Å². The molecule has 0 aliphatic carbocycles. The Bertz CT molecular complexity index is 1470. The molecule has 5 rings (SSSR count). The Morgan fingerprint density at radius 3 is 2.42 bits per heavy atom. The molecule has 1 unspecified atom stereocenters. The van der Waals surface area contributed by atoms with Gasteiger partial charge in [-0.2, -0.15) is 0 Å². The summed E-state index contributed by atoms with van der Waals surface area (Å²) in [5.41, 5.74) is 5.24. The lowest BCUT2D eigenvalue weighted by molar-refractivity contribution is -0.137. The molecule has 1 aliphatic rings. The summed E-state index contributed by atoms with van der Waals surface area (Å²) in [5, 5.41) is 9.99. The van der Waals surface area contributed by atoms with E-state index in [0.29, 0.717) is 70.6 Å². The van der Waals surface area contributed by atoms with E-state index in [9.17, 15) is 9.59 Å². The minimum atomic E-state index is -0.823. The molecule has 1 N–H and O–H groups in total. The van der Waals surface area contributed by atoms with Gasteiger partial charge in [-0.15, -0.1) is 0 Å². The summed E-state index contributed by atoms with van der Waals surface area (Å²) in [6.07, 6.45) is 2.74. The van der Waals surface area contributed by atoms with Crippen molar-refractivity contribution in [3.05, 3.63) is 93.6 Å². The van der Waals surface area contributed by atoms with Gasteiger partial charge >= 0.3 is 5.97 Å². The van der Waals surface area contributed by atoms with Crippen LogP contribution >= 0.6 is 23.2 Å². The molecule has 1 saturated heterocycles. The number of carboxylic acids is 1. The number of hydrogen-bond acceptors (Lipinski definition) is 4. The second-order valence-electron chi connectivity index (χ2n) is 9.63. The highest BCUT2D eigenvalue weighted by Gasteiger charge is 2.28. The van der Waals surface area contributed by atoms with Gasteiger partial charge in [0.2, 0.25) is 0 Å². The summed E-state index contributed by atoms with van der Waals surface area (Å²) < 4.78 is 0. The van der Waals surface area contributed by atoms with Crippen LogP contribution < -0.4 is 0 Å². The largest absolute Gasteiger partial charge is 0.481 e. The number of halogens is 2. The number of benzene rings is 3. The third kappa shape index (κ3) is 5.98. The number of fused-ring (bicyclic) bond motifs is 1. The Balaban J connectivity index is 1.44. The predicted octanol–water partition coefficient (Wildman–Crippen LogP) is 7.03. The van der Waals surface area contributed by atoms with Crippen LogP contribution in [0.15, 0.2) is 66.7 Å². The Hall–Kier alpha value is -3.48. The van der Waals surface area contributed by atoms with Gasteiger partial charge in [0, 0.05) is 46.6 Å². The van der Waals surface area contributed by atoms with Gasteiger partial charge in [-0.3, -0.25) is 9.59 Å². The van der Waals surface area contributed by atoms with Crippen LogP contribution in [0, 0.1) is 0 Å². The van der Waals surface area contributed by atoms with Crippen LogP contribution in [0.2, 0.25) is 10.0 Å². The Morgan fingerprint density at radius 1 is 0.921 bits per heavy atom. The monoisotopic (exact) mass is 547 g/mol. The average Bonchev–Trinajstić information content (AvgIpc) is 3.40. The number of unbranched alkanes of at least 4 members (excludes halogenated alkanes) is 1. The minimum absolute atomic E-state index is 0.0131. The number of carbonyl (C=O) groups excluding carboxylic acids is 1. The van der Waals surface area contributed by atoms with Crippen molar-refractivity contribution in [2.75, 3.05) is 13.1 Å². The number of nitrogens with zero attached hydrogens (tertiary/aromatic N) is 3. The highest BCUT2D eigenvalue weighted by molar-refractivity contribution is 6.35. The lowest BCUT2D eigenvalue weighted by Crippen LogP contribution is -2.28. The first kappa shape index (κ1) is 26.1. The smallest absolute Gasteiger partial charge is 0.303 e. The number of likely N-dealkylation sites (tertiary alicyclic amines) is 1. The predicted molar refractivity (Wildman–Crippen MR) is 150 cm³/mol. The van der Waals surface area contributed by atoms with Crippen molar-refractivity contribution in [1.82, 2.24) is 14.9 Å². The first-order valence-electron chi connectivity index (χ1n) is 12.7. The van der Waals surface area contributed by atoms with Gasteiger partial charge in [0.05, 0.1) is 22.4 Å². The second-order valence-corrected chi connectivity index (χ2v) is 10.5. The number of aryl methyl sites for hydroxylation is 1. The van der Waals surface area contributed by atoms with Crippen LogP contribution in [0.3, 0.4) is 0 Å². The van der Waals surface area contributed by atoms with Crippen molar-refractivity contribution in [3.8, 4) is 11.3 Å². The molecule has 0 saturated carbocycles. The van der Waals surface area contributed by atoms with Crippen molar-refractivity contribution in [2.24, 2.45) is 0 Å². The fraction of sp³-hybridized carbons (Fsp3) is 0.267. The molecule has 1 amide bonds. The van der Waals surface area contributed by atoms with Crippen LogP contribution in [0.5, 0.6) is 0 Å². The topological polar surface area (TPSA) is 83.4 Å². The SMILES string of the molecule is O=C(O)CCCCc1nc2cc(C(=O)N3CCC(c4ccccc4)C3)ccc2nc1-c1cc(Cl)cc(Cl)c1. The minimum Gasteiger partial charge on any atom is -0.481 e. The molecule has 2 heterocycles. The zero-order valence-corrected chi connectivity index (χ0v) is 22.3.